The van der Waals surface area contributed by atoms with Crippen LogP contribution in [0.4, 0.5) is 5.69 Å². The van der Waals surface area contributed by atoms with Gasteiger partial charge in [-0.2, -0.15) is 4.57 Å². The van der Waals surface area contributed by atoms with Crippen LogP contribution in [0.15, 0.2) is 70.8 Å². The minimum Gasteiger partial charge on any atom is -0.872 e. The lowest BCUT2D eigenvalue weighted by Crippen LogP contribution is -2.33. The van der Waals surface area contributed by atoms with E-state index in [0.717, 1.165) is 47.1 Å². The van der Waals surface area contributed by atoms with E-state index >= 15 is 0 Å². The molecule has 0 radical (unpaired) electrons. The van der Waals surface area contributed by atoms with E-state index in [-0.39, 0.29) is 21.8 Å². The Balaban J connectivity index is 1.65. The molecule has 1 aliphatic rings. The monoisotopic (exact) mass is 584 g/mol. The molecular weight excluding hydrogens is 548 g/mol. The Hall–Kier alpha value is -4.04. The van der Waals surface area contributed by atoms with E-state index in [4.69, 9.17) is 4.42 Å². The minimum atomic E-state index is -1.03. The van der Waals surface area contributed by atoms with Gasteiger partial charge in [0.2, 0.25) is 5.58 Å². The van der Waals surface area contributed by atoms with Gasteiger partial charge < -0.3 is 19.5 Å². The van der Waals surface area contributed by atoms with Crippen molar-refractivity contribution in [2.75, 3.05) is 17.2 Å². The van der Waals surface area contributed by atoms with Crippen LogP contribution in [-0.4, -0.2) is 28.5 Å². The van der Waals surface area contributed by atoms with Crippen molar-refractivity contribution < 1.29 is 28.8 Å². The molecule has 8 heteroatoms. The number of carboxylic acids is 1. The summed E-state index contributed by atoms with van der Waals surface area (Å²) in [6.07, 6.45) is 8.38. The first kappa shape index (κ1) is 29.5. The Kier molecular flexibility index (Phi) is 8.45. The van der Waals surface area contributed by atoms with E-state index in [1.807, 2.05) is 60.0 Å². The summed E-state index contributed by atoms with van der Waals surface area (Å²) in [6, 6.07) is 14.8. The minimum absolute atomic E-state index is 0.0278. The third kappa shape index (κ3) is 4.98. The Morgan fingerprint density at radius 2 is 1.83 bits per heavy atom. The summed E-state index contributed by atoms with van der Waals surface area (Å²) in [7, 11) is 0. The molecule has 0 atom stereocenters. The van der Waals surface area contributed by atoms with Gasteiger partial charge in [0.15, 0.2) is 5.12 Å². The van der Waals surface area contributed by atoms with Crippen LogP contribution in [0.25, 0.3) is 27.9 Å². The van der Waals surface area contributed by atoms with E-state index in [2.05, 4.69) is 24.8 Å². The maximum absolute atomic E-state index is 13.3. The number of aromatic nitrogens is 1. The number of anilines is 1. The zero-order valence-corrected chi connectivity index (χ0v) is 25.3. The second-order valence-corrected chi connectivity index (χ2v) is 11.8. The number of allylic oxidation sites excluding steroid dienone is 3. The van der Waals surface area contributed by atoms with Crippen molar-refractivity contribution in [3.8, 4) is 5.75 Å². The topological polar surface area (TPSA) is 97.7 Å². The van der Waals surface area contributed by atoms with Crippen LogP contribution < -0.4 is 14.6 Å². The van der Waals surface area contributed by atoms with Crippen molar-refractivity contribution in [1.82, 2.24) is 0 Å². The standard InChI is InChI=1S/C34H36N2O5S/c1-5-34(6-2)26-21-28(38)23-13-8-9-14-24(23)31(26)36(19-12-20-42-22(4)37)29(34)17-11-18-30-35(7-3)27-16-10-15-25(33(39)40)32(27)41-30/h8-11,13-18,21H,5-7,12,19-20H2,1-4H3,(H-,38,39,40). The van der Waals surface area contributed by atoms with Gasteiger partial charge in [0.05, 0.1) is 11.8 Å². The number of fused-ring (bicyclic) bond motifs is 4. The molecule has 3 aromatic carbocycles. The molecule has 7 nitrogen and oxygen atoms in total. The molecule has 0 fully saturated rings. The summed E-state index contributed by atoms with van der Waals surface area (Å²) in [6.45, 7) is 9.24. The molecule has 5 rings (SSSR count). The molecule has 1 aliphatic heterocycles. The van der Waals surface area contributed by atoms with Gasteiger partial charge in [-0.15, -0.1) is 5.75 Å². The maximum Gasteiger partial charge on any atom is 0.374 e. The molecular formula is C34H36N2O5S. The number of aryl methyl sites for hydroxylation is 1. The van der Waals surface area contributed by atoms with Crippen molar-refractivity contribution in [1.29, 1.82) is 0 Å². The van der Waals surface area contributed by atoms with E-state index in [9.17, 15) is 19.8 Å². The number of hydrogen-bond acceptors (Lipinski definition) is 6. The number of para-hydroxylation sites is 1. The third-order valence-electron chi connectivity index (χ3n) is 8.38. The smallest absolute Gasteiger partial charge is 0.374 e. The second-order valence-electron chi connectivity index (χ2n) is 10.5. The van der Waals surface area contributed by atoms with E-state index in [1.165, 1.54) is 11.8 Å². The third-order valence-corrected chi connectivity index (χ3v) is 9.28. The zero-order valence-electron chi connectivity index (χ0n) is 24.5. The molecule has 42 heavy (non-hydrogen) atoms. The van der Waals surface area contributed by atoms with E-state index in [0.29, 0.717) is 35.7 Å². The normalized spacial score (nSPS) is 15.3. The fourth-order valence-electron chi connectivity index (χ4n) is 6.38. The maximum atomic E-state index is 13.3. The van der Waals surface area contributed by atoms with Gasteiger partial charge in [-0.05, 0) is 49.3 Å². The number of thioether (sulfide) groups is 1. The molecule has 0 bridgehead atoms. The Labute approximate surface area is 250 Å². The number of benzene rings is 3. The summed E-state index contributed by atoms with van der Waals surface area (Å²) in [5.74, 6) is 0.274. The molecule has 0 unspecified atom stereocenters. The van der Waals surface area contributed by atoms with Gasteiger partial charge in [-0.25, -0.2) is 4.79 Å². The molecule has 0 saturated carbocycles. The highest BCUT2D eigenvalue weighted by Crippen LogP contribution is 2.55. The van der Waals surface area contributed by atoms with Crippen LogP contribution in [0.3, 0.4) is 0 Å². The molecule has 0 aliphatic carbocycles. The number of carboxylic acid groups (broad SMARTS) is 1. The summed E-state index contributed by atoms with van der Waals surface area (Å²) in [5.41, 5.74) is 4.07. The summed E-state index contributed by atoms with van der Waals surface area (Å²) in [4.78, 5) is 25.8. The van der Waals surface area contributed by atoms with Crippen molar-refractivity contribution >= 4 is 56.5 Å². The van der Waals surface area contributed by atoms with Gasteiger partial charge in [0, 0.05) is 41.8 Å². The predicted molar refractivity (Wildman–Crippen MR) is 167 cm³/mol. The van der Waals surface area contributed by atoms with Crippen LogP contribution in [0.1, 0.15) is 68.8 Å². The van der Waals surface area contributed by atoms with Gasteiger partial charge >= 0.3 is 11.9 Å². The highest BCUT2D eigenvalue weighted by Gasteiger charge is 2.45. The van der Waals surface area contributed by atoms with Crippen LogP contribution >= 0.6 is 11.8 Å². The summed E-state index contributed by atoms with van der Waals surface area (Å²) < 4.78 is 8.05. The zero-order chi connectivity index (χ0) is 30.0. The number of carbonyl (C=O) groups excluding carboxylic acids is 1. The number of nitrogens with zero attached hydrogens (tertiary/aromatic N) is 2. The van der Waals surface area contributed by atoms with Gasteiger partial charge in [0.1, 0.15) is 12.1 Å². The molecule has 4 aromatic rings. The van der Waals surface area contributed by atoms with Crippen molar-refractivity contribution in [2.24, 2.45) is 0 Å². The molecule has 0 amide bonds. The fraction of sp³-hybridized carbons (Fsp3) is 0.324. The SMILES string of the molecule is CC[n+]1c(/C=C/C=C2\N(CCCSC(C)=O)c3c(cc([O-])c4ccccc34)C2(CC)CC)oc2c(C(=O)O)cccc21. The van der Waals surface area contributed by atoms with E-state index < -0.39 is 5.97 Å². The first-order valence-corrected chi connectivity index (χ1v) is 15.5. The molecule has 218 valence electrons. The number of carbonyl (C=O) groups is 2. The van der Waals surface area contributed by atoms with Crippen molar-refractivity contribution in [3.63, 3.8) is 0 Å². The number of oxazole rings is 1. The van der Waals surface area contributed by atoms with Crippen molar-refractivity contribution in [3.05, 3.63) is 83.4 Å². The van der Waals surface area contributed by atoms with Gasteiger partial charge in [-0.1, -0.05) is 68.1 Å². The Morgan fingerprint density at radius 3 is 2.50 bits per heavy atom. The number of aromatic carboxylic acids is 1. The average molecular weight is 585 g/mol. The van der Waals surface area contributed by atoms with Crippen LogP contribution in [0, 0.1) is 0 Å². The molecule has 0 saturated heterocycles. The van der Waals surface area contributed by atoms with Crippen LogP contribution in [0.2, 0.25) is 0 Å². The fourth-order valence-corrected chi connectivity index (χ4v) is 6.94. The Bertz CT molecular complexity index is 1730. The van der Waals surface area contributed by atoms with Crippen molar-refractivity contribution in [2.45, 2.75) is 58.9 Å². The van der Waals surface area contributed by atoms with Crippen LogP contribution in [-0.2, 0) is 16.8 Å². The number of hydrogen-bond donors (Lipinski definition) is 1. The van der Waals surface area contributed by atoms with Crippen LogP contribution in [0.5, 0.6) is 5.75 Å². The molecule has 0 spiro atoms. The largest absolute Gasteiger partial charge is 0.872 e. The summed E-state index contributed by atoms with van der Waals surface area (Å²) >= 11 is 1.33. The highest BCUT2D eigenvalue weighted by molar-refractivity contribution is 8.13. The lowest BCUT2D eigenvalue weighted by atomic mass is 9.74. The predicted octanol–water partition coefficient (Wildman–Crippen LogP) is 6.81. The lowest BCUT2D eigenvalue weighted by molar-refractivity contribution is -0.674. The first-order valence-electron chi connectivity index (χ1n) is 14.5. The second kappa shape index (κ2) is 12.1. The molecule has 1 N–H and O–H groups in total. The average Bonchev–Trinajstić information content (AvgIpc) is 3.47. The number of rotatable bonds is 10. The highest BCUT2D eigenvalue weighted by atomic mass is 32.2. The van der Waals surface area contributed by atoms with E-state index in [1.54, 1.807) is 19.1 Å². The quantitative estimate of drug-likeness (QED) is 0.162. The molecule has 2 heterocycles. The first-order chi connectivity index (χ1) is 20.3. The lowest BCUT2D eigenvalue weighted by Gasteiger charge is -2.32. The summed E-state index contributed by atoms with van der Waals surface area (Å²) in [5, 5.41) is 24.7. The molecule has 1 aromatic heterocycles. The van der Waals surface area contributed by atoms with Gasteiger partial charge in [0.25, 0.3) is 5.52 Å². The van der Waals surface area contributed by atoms with Gasteiger partial charge in [-0.3, -0.25) is 4.79 Å². The Morgan fingerprint density at radius 1 is 1.10 bits per heavy atom.